The number of fused-ring (bicyclic) bond motifs is 11. The van der Waals surface area contributed by atoms with Crippen LogP contribution in [0.4, 0.5) is 0 Å². The standard InChI is InChI=1S/C42H25N3.2C40H23N3/c1-2-11-26(12-3-1)28-15-6-16-29(25-28)41-34-17-4-5-22-35(34)43-42(44-41)45-36-23-9-20-32-30-18-7-13-27-14-8-19-31(38(27)30)33-21-10-24-37(45)40(33)39(32)36;1-2-14-26-24(10-1)11-5-20-31(26)39-32-15-3-4-21-33(32)41-40(42-39)43-34-22-8-18-29-27-16-6-12-25-13-7-17-28(36(25)27)30-19-9-23-35(43)38(30)37(29)34;1-2-10-26-23-27(22-21-24(26)9-1)39-32-13-3-4-18-33(32)41-40(42-39)43-34-19-7-16-30-28-14-5-11-25-12-6-15-29(36(25)28)31-17-8-20-35(43)38(31)37(30)34/h1-25H;2*1-23H. The number of rotatable bonds is 7. The van der Waals surface area contributed by atoms with Crippen LogP contribution in [0.15, 0.2) is 431 Å². The van der Waals surface area contributed by atoms with Gasteiger partial charge in [-0.15, -0.1) is 0 Å². The van der Waals surface area contributed by atoms with E-state index in [1.807, 2.05) is 0 Å². The maximum atomic E-state index is 5.40. The predicted octanol–water partition coefficient (Wildman–Crippen LogP) is 31.6. The van der Waals surface area contributed by atoms with Gasteiger partial charge in [-0.3, -0.25) is 13.7 Å². The molecular formula is C122H71N9. The average molecular weight is 1660 g/mol. The maximum absolute atomic E-state index is 5.40. The van der Waals surface area contributed by atoms with Crippen molar-refractivity contribution < 1.29 is 0 Å². The summed E-state index contributed by atoms with van der Waals surface area (Å²) < 4.78 is 6.80. The number of benzene rings is 21. The first kappa shape index (κ1) is 72.6. The lowest BCUT2D eigenvalue weighted by molar-refractivity contribution is 1.01. The fourth-order valence-corrected chi connectivity index (χ4v) is 22.1. The van der Waals surface area contributed by atoms with Crippen molar-refractivity contribution in [2.75, 3.05) is 0 Å². The van der Waals surface area contributed by atoms with Gasteiger partial charge in [0.05, 0.1) is 66.7 Å². The van der Waals surface area contributed by atoms with E-state index in [1.54, 1.807) is 0 Å². The molecule has 0 saturated carbocycles. The van der Waals surface area contributed by atoms with Gasteiger partial charge in [-0.1, -0.05) is 364 Å². The number of aromatic nitrogens is 9. The molecule has 0 spiro atoms. The molecule has 6 heterocycles. The second-order valence-electron chi connectivity index (χ2n) is 34.5. The van der Waals surface area contributed by atoms with Crippen LogP contribution in [0, 0.1) is 0 Å². The largest absolute Gasteiger partial charge is 0.278 e. The molecule has 0 radical (unpaired) electrons. The van der Waals surface area contributed by atoms with Gasteiger partial charge >= 0.3 is 0 Å². The molecule has 6 aromatic heterocycles. The zero-order valence-electron chi connectivity index (χ0n) is 70.5. The molecule has 30 rings (SSSR count). The van der Waals surface area contributed by atoms with Gasteiger partial charge in [-0.2, -0.15) is 0 Å². The van der Waals surface area contributed by atoms with Crippen LogP contribution < -0.4 is 0 Å². The number of hydrogen-bond donors (Lipinski definition) is 0. The van der Waals surface area contributed by atoms with Gasteiger partial charge in [0.2, 0.25) is 17.8 Å². The highest BCUT2D eigenvalue weighted by Gasteiger charge is 2.31. The van der Waals surface area contributed by atoms with Crippen LogP contribution in [-0.2, 0) is 0 Å². The Labute approximate surface area is 750 Å². The van der Waals surface area contributed by atoms with Gasteiger partial charge in [0, 0.05) is 65.2 Å². The Morgan fingerprint density at radius 1 is 0.137 bits per heavy atom. The Morgan fingerprint density at radius 2 is 0.397 bits per heavy atom. The van der Waals surface area contributed by atoms with Gasteiger partial charge in [0.25, 0.3) is 0 Å². The summed E-state index contributed by atoms with van der Waals surface area (Å²) in [6, 6.07) is 154. The van der Waals surface area contributed by atoms with Crippen molar-refractivity contribution in [2.45, 2.75) is 0 Å². The molecule has 0 unspecified atom stereocenters. The molecular weight excluding hydrogens is 1590 g/mol. The highest BCUT2D eigenvalue weighted by atomic mass is 15.2. The third kappa shape index (κ3) is 10.9. The number of para-hydroxylation sites is 3. The number of nitrogens with zero attached hydrogens (tertiary/aromatic N) is 9. The highest BCUT2D eigenvalue weighted by Crippen LogP contribution is 2.55. The molecule has 131 heavy (non-hydrogen) atoms. The van der Waals surface area contributed by atoms with Gasteiger partial charge in [-0.05, 0) is 198 Å². The summed E-state index contributed by atoms with van der Waals surface area (Å²) in [5.74, 6) is 2.04. The summed E-state index contributed by atoms with van der Waals surface area (Å²) in [4.78, 5) is 31.8. The van der Waals surface area contributed by atoms with E-state index in [-0.39, 0.29) is 0 Å². The molecule has 21 aromatic carbocycles. The highest BCUT2D eigenvalue weighted by molar-refractivity contribution is 6.31. The van der Waals surface area contributed by atoms with Crippen LogP contribution in [0.25, 0.3) is 281 Å². The van der Waals surface area contributed by atoms with Crippen LogP contribution in [-0.4, -0.2) is 43.6 Å². The molecule has 604 valence electrons. The van der Waals surface area contributed by atoms with Gasteiger partial charge in [0.1, 0.15) is 0 Å². The lowest BCUT2D eigenvalue weighted by Crippen LogP contribution is -2.03. The molecule has 9 heteroatoms. The fraction of sp³-hybridized carbons (Fsp3) is 0. The topological polar surface area (TPSA) is 92.1 Å². The minimum atomic E-state index is 0.676. The zero-order chi connectivity index (χ0) is 85.6. The molecule has 0 atom stereocenters. The molecule has 0 bridgehead atoms. The summed E-state index contributed by atoms with van der Waals surface area (Å²) in [5, 5.41) is 23.2. The van der Waals surface area contributed by atoms with E-state index in [9.17, 15) is 0 Å². The van der Waals surface area contributed by atoms with Gasteiger partial charge in [0.15, 0.2) is 0 Å². The fourth-order valence-electron chi connectivity index (χ4n) is 22.1. The van der Waals surface area contributed by atoms with Crippen LogP contribution in [0.2, 0.25) is 0 Å². The minimum Gasteiger partial charge on any atom is -0.278 e. The Kier molecular flexibility index (Phi) is 15.8. The van der Waals surface area contributed by atoms with Crippen molar-refractivity contribution >= 4 is 152 Å². The smallest absolute Gasteiger partial charge is 0.235 e. The molecule has 0 saturated heterocycles. The Morgan fingerprint density at radius 3 is 0.786 bits per heavy atom. The molecule has 0 amide bonds. The molecule has 27 aromatic rings. The quantitative estimate of drug-likeness (QED) is 0.158. The Hall–Kier alpha value is -17.7. The first-order chi connectivity index (χ1) is 65.0. The molecule has 0 aliphatic heterocycles. The second-order valence-corrected chi connectivity index (χ2v) is 34.5. The molecule has 0 fully saturated rings. The van der Waals surface area contributed by atoms with E-state index in [2.05, 4.69) is 444 Å². The molecule has 0 N–H and O–H groups in total. The Balaban J connectivity index is 0.0000000986. The lowest BCUT2D eigenvalue weighted by Gasteiger charge is -2.14. The van der Waals surface area contributed by atoms with E-state index in [1.165, 1.54) is 164 Å². The summed E-state index contributed by atoms with van der Waals surface area (Å²) >= 11 is 0. The van der Waals surface area contributed by atoms with Crippen molar-refractivity contribution in [3.05, 3.63) is 431 Å². The molecule has 3 aliphatic rings. The first-order valence-corrected chi connectivity index (χ1v) is 44.7. The second kappa shape index (κ2) is 28.4. The average Bonchev–Trinajstić information content (AvgIpc) is 1.55. The third-order valence-electron chi connectivity index (χ3n) is 27.6. The van der Waals surface area contributed by atoms with Gasteiger partial charge in [-0.25, -0.2) is 29.9 Å². The van der Waals surface area contributed by atoms with E-state index in [0.29, 0.717) is 17.8 Å². The SMILES string of the molecule is c1ccc(-c2cccc(-c3nc(-n4c5cccc6c5c5c(cccc54)-c4cccc5cccc-6c45)nc4ccccc34)c2)cc1.c1ccc2c(-c3nc(-n4c5cccc6c5c5c(cccc54)-c4cccc5cccc-6c45)nc4ccccc34)cccc2c1.c1ccc2cc(-c3nc(-n4c5cccc6c5c5c(cccc54)-c4cccc5cccc-6c45)nc4ccccc34)ccc2c1. The van der Waals surface area contributed by atoms with Crippen molar-refractivity contribution in [3.8, 4) is 130 Å². The normalized spacial score (nSPS) is 12.1. The number of hydrogen-bond acceptors (Lipinski definition) is 6. The monoisotopic (exact) mass is 1660 g/mol. The first-order valence-electron chi connectivity index (χ1n) is 44.7. The summed E-state index contributed by atoms with van der Waals surface area (Å²) in [6.07, 6.45) is 0. The Bertz CT molecular complexity index is 9350. The van der Waals surface area contributed by atoms with E-state index in [0.717, 1.165) is 99.6 Å². The van der Waals surface area contributed by atoms with Crippen LogP contribution in [0.1, 0.15) is 0 Å². The lowest BCUT2D eigenvalue weighted by atomic mass is 9.93. The summed E-state index contributed by atoms with van der Waals surface area (Å²) in [6.45, 7) is 0. The van der Waals surface area contributed by atoms with E-state index >= 15 is 0 Å². The summed E-state index contributed by atoms with van der Waals surface area (Å²) in [7, 11) is 0. The van der Waals surface area contributed by atoms with Crippen LogP contribution in [0.3, 0.4) is 0 Å². The predicted molar refractivity (Wildman–Crippen MR) is 544 cm³/mol. The van der Waals surface area contributed by atoms with Crippen molar-refractivity contribution in [2.24, 2.45) is 0 Å². The van der Waals surface area contributed by atoms with Gasteiger partial charge < -0.3 is 0 Å². The summed E-state index contributed by atoms with van der Waals surface area (Å²) in [5.41, 5.74) is 33.0. The van der Waals surface area contributed by atoms with Crippen molar-refractivity contribution in [1.82, 2.24) is 43.6 Å². The van der Waals surface area contributed by atoms with E-state index in [4.69, 9.17) is 29.9 Å². The minimum absolute atomic E-state index is 0.676. The molecule has 3 aliphatic carbocycles. The molecule has 9 nitrogen and oxygen atoms in total. The van der Waals surface area contributed by atoms with Crippen LogP contribution >= 0.6 is 0 Å². The van der Waals surface area contributed by atoms with Crippen molar-refractivity contribution in [1.29, 1.82) is 0 Å². The van der Waals surface area contributed by atoms with Crippen molar-refractivity contribution in [3.63, 3.8) is 0 Å². The van der Waals surface area contributed by atoms with E-state index < -0.39 is 0 Å². The maximum Gasteiger partial charge on any atom is 0.235 e. The third-order valence-corrected chi connectivity index (χ3v) is 27.6. The zero-order valence-corrected chi connectivity index (χ0v) is 70.5. The van der Waals surface area contributed by atoms with Crippen LogP contribution in [0.5, 0.6) is 0 Å².